The fraction of sp³-hybridized carbons (Fsp3) is 0.636. The molecular formula is C22H29F3O2. The van der Waals surface area contributed by atoms with Gasteiger partial charge >= 0.3 is 6.36 Å². The summed E-state index contributed by atoms with van der Waals surface area (Å²) < 4.78 is 48.9. The lowest BCUT2D eigenvalue weighted by Gasteiger charge is -2.18. The van der Waals surface area contributed by atoms with Crippen molar-refractivity contribution in [1.82, 2.24) is 0 Å². The summed E-state index contributed by atoms with van der Waals surface area (Å²) in [6, 6.07) is 3.44. The van der Waals surface area contributed by atoms with Crippen LogP contribution in [0.25, 0.3) is 6.08 Å². The van der Waals surface area contributed by atoms with Crippen molar-refractivity contribution >= 4 is 6.08 Å². The molecule has 0 aliphatic heterocycles. The first-order valence-electron chi connectivity index (χ1n) is 10.1. The van der Waals surface area contributed by atoms with Crippen LogP contribution in [0.5, 0.6) is 11.5 Å². The van der Waals surface area contributed by atoms with E-state index in [1.807, 2.05) is 12.1 Å². The Morgan fingerprint density at radius 2 is 1.70 bits per heavy atom. The van der Waals surface area contributed by atoms with Crippen LogP contribution < -0.4 is 9.47 Å². The average Bonchev–Trinajstić information content (AvgIpc) is 3.29. The summed E-state index contributed by atoms with van der Waals surface area (Å²) in [6.07, 6.45) is 9.84. The summed E-state index contributed by atoms with van der Waals surface area (Å²) >= 11 is 0. The number of hydrogen-bond acceptors (Lipinski definition) is 2. The van der Waals surface area contributed by atoms with Gasteiger partial charge in [-0.15, -0.1) is 13.2 Å². The van der Waals surface area contributed by atoms with Crippen LogP contribution in [0.3, 0.4) is 0 Å². The van der Waals surface area contributed by atoms with Crippen LogP contribution in [0.4, 0.5) is 13.2 Å². The standard InChI is InChI=1S/C22H29F3O2/c1-16-19(11-10-17-6-2-3-7-17)12-13-20(21(16)27-22(23,24)25)26-15-14-18-8-4-5-9-18/h10-13,17-18H,2-9,14-15H2,1H3/b11-10+. The largest absolute Gasteiger partial charge is 0.573 e. The smallest absolute Gasteiger partial charge is 0.490 e. The Bertz CT molecular complexity index is 640. The second-order valence-corrected chi connectivity index (χ2v) is 7.85. The van der Waals surface area contributed by atoms with E-state index in [1.165, 1.54) is 38.5 Å². The van der Waals surface area contributed by atoms with Gasteiger partial charge in [-0.2, -0.15) is 0 Å². The molecule has 2 aliphatic carbocycles. The van der Waals surface area contributed by atoms with Crippen molar-refractivity contribution in [3.05, 3.63) is 29.3 Å². The monoisotopic (exact) mass is 382 g/mol. The van der Waals surface area contributed by atoms with E-state index in [1.54, 1.807) is 13.0 Å². The number of benzene rings is 1. The van der Waals surface area contributed by atoms with Crippen molar-refractivity contribution in [2.75, 3.05) is 6.61 Å². The molecule has 0 N–H and O–H groups in total. The Hall–Kier alpha value is -1.65. The quantitative estimate of drug-likeness (QED) is 0.503. The van der Waals surface area contributed by atoms with Crippen molar-refractivity contribution in [3.8, 4) is 11.5 Å². The van der Waals surface area contributed by atoms with Crippen molar-refractivity contribution in [2.45, 2.75) is 71.1 Å². The lowest BCUT2D eigenvalue weighted by atomic mass is 10.0. The summed E-state index contributed by atoms with van der Waals surface area (Å²) in [4.78, 5) is 0. The van der Waals surface area contributed by atoms with Gasteiger partial charge in [-0.05, 0) is 49.7 Å². The fourth-order valence-corrected chi connectivity index (χ4v) is 4.24. The van der Waals surface area contributed by atoms with Crippen LogP contribution in [0.1, 0.15) is 68.9 Å². The maximum absolute atomic E-state index is 12.9. The lowest BCUT2D eigenvalue weighted by molar-refractivity contribution is -0.275. The zero-order valence-corrected chi connectivity index (χ0v) is 16.0. The van der Waals surface area contributed by atoms with E-state index in [0.717, 1.165) is 24.8 Å². The third kappa shape index (κ3) is 5.91. The predicted octanol–water partition coefficient (Wildman–Crippen LogP) is 7.06. The zero-order valence-electron chi connectivity index (χ0n) is 16.0. The molecule has 0 saturated heterocycles. The minimum absolute atomic E-state index is 0.181. The Morgan fingerprint density at radius 3 is 2.37 bits per heavy atom. The highest BCUT2D eigenvalue weighted by Crippen LogP contribution is 2.38. The van der Waals surface area contributed by atoms with Gasteiger partial charge in [0.25, 0.3) is 0 Å². The van der Waals surface area contributed by atoms with Gasteiger partial charge in [-0.3, -0.25) is 0 Å². The van der Waals surface area contributed by atoms with Crippen molar-refractivity contribution in [1.29, 1.82) is 0 Å². The molecule has 2 fully saturated rings. The summed E-state index contributed by atoms with van der Waals surface area (Å²) in [5.74, 6) is 1.13. The second-order valence-electron chi connectivity index (χ2n) is 7.85. The maximum atomic E-state index is 12.9. The minimum Gasteiger partial charge on any atom is -0.490 e. The molecule has 0 radical (unpaired) electrons. The van der Waals surface area contributed by atoms with Crippen LogP contribution >= 0.6 is 0 Å². The molecule has 0 spiro atoms. The van der Waals surface area contributed by atoms with E-state index >= 15 is 0 Å². The van der Waals surface area contributed by atoms with E-state index in [4.69, 9.17) is 4.74 Å². The lowest BCUT2D eigenvalue weighted by Crippen LogP contribution is -2.19. The molecule has 150 valence electrons. The molecule has 2 nitrogen and oxygen atoms in total. The van der Waals surface area contributed by atoms with Crippen molar-refractivity contribution in [2.24, 2.45) is 11.8 Å². The molecule has 1 aromatic rings. The third-order valence-corrected chi connectivity index (χ3v) is 5.84. The summed E-state index contributed by atoms with van der Waals surface area (Å²) in [6.45, 7) is 2.09. The maximum Gasteiger partial charge on any atom is 0.573 e. The molecule has 0 bridgehead atoms. The molecule has 2 aliphatic rings. The fourth-order valence-electron chi connectivity index (χ4n) is 4.24. The number of ether oxygens (including phenoxy) is 2. The van der Waals surface area contributed by atoms with E-state index in [2.05, 4.69) is 10.8 Å². The summed E-state index contributed by atoms with van der Waals surface area (Å²) in [5, 5.41) is 0. The summed E-state index contributed by atoms with van der Waals surface area (Å²) in [5.41, 5.74) is 1.23. The van der Waals surface area contributed by atoms with Crippen LogP contribution in [-0.4, -0.2) is 13.0 Å². The van der Waals surface area contributed by atoms with Crippen molar-refractivity contribution in [3.63, 3.8) is 0 Å². The molecule has 0 unspecified atom stereocenters. The highest BCUT2D eigenvalue weighted by Gasteiger charge is 2.33. The average molecular weight is 382 g/mol. The number of allylic oxidation sites excluding steroid dienone is 1. The topological polar surface area (TPSA) is 18.5 Å². The van der Waals surface area contributed by atoms with Gasteiger partial charge in [0, 0.05) is 5.56 Å². The van der Waals surface area contributed by atoms with Crippen molar-refractivity contribution < 1.29 is 22.6 Å². The third-order valence-electron chi connectivity index (χ3n) is 5.84. The Morgan fingerprint density at radius 1 is 1.04 bits per heavy atom. The van der Waals surface area contributed by atoms with Gasteiger partial charge in [0.05, 0.1) is 6.61 Å². The van der Waals surface area contributed by atoms with Crippen LogP contribution in [0.2, 0.25) is 0 Å². The van der Waals surface area contributed by atoms with Gasteiger partial charge in [0.1, 0.15) is 0 Å². The van der Waals surface area contributed by atoms with Gasteiger partial charge in [-0.25, -0.2) is 0 Å². The van der Waals surface area contributed by atoms with Crippen LogP contribution in [0.15, 0.2) is 18.2 Å². The number of rotatable bonds is 7. The molecule has 0 heterocycles. The van der Waals surface area contributed by atoms with E-state index in [-0.39, 0.29) is 11.5 Å². The first-order chi connectivity index (χ1) is 12.9. The first kappa shape index (κ1) is 20.1. The van der Waals surface area contributed by atoms with Gasteiger partial charge in [0.15, 0.2) is 11.5 Å². The normalized spacial score (nSPS) is 19.3. The van der Waals surface area contributed by atoms with E-state index in [0.29, 0.717) is 24.0 Å². The van der Waals surface area contributed by atoms with Gasteiger partial charge in [-0.1, -0.05) is 56.7 Å². The zero-order chi connectivity index (χ0) is 19.3. The molecule has 1 aromatic carbocycles. The molecule has 3 rings (SSSR count). The van der Waals surface area contributed by atoms with E-state index in [9.17, 15) is 13.2 Å². The SMILES string of the molecule is Cc1c(/C=C/C2CCCC2)ccc(OCCC2CCCC2)c1OC(F)(F)F. The number of halogens is 3. The molecule has 2 saturated carbocycles. The van der Waals surface area contributed by atoms with Gasteiger partial charge in [0.2, 0.25) is 0 Å². The predicted molar refractivity (Wildman–Crippen MR) is 101 cm³/mol. The molecule has 0 atom stereocenters. The first-order valence-corrected chi connectivity index (χ1v) is 10.1. The minimum atomic E-state index is -4.73. The number of hydrogen-bond donors (Lipinski definition) is 0. The highest BCUT2D eigenvalue weighted by molar-refractivity contribution is 5.62. The molecule has 5 heteroatoms. The Labute approximate surface area is 159 Å². The summed E-state index contributed by atoms with van der Waals surface area (Å²) in [7, 11) is 0. The number of alkyl halides is 3. The Kier molecular flexibility index (Phi) is 6.72. The molecule has 0 amide bonds. The highest BCUT2D eigenvalue weighted by atomic mass is 19.4. The molecular weight excluding hydrogens is 353 g/mol. The van der Waals surface area contributed by atoms with Crippen LogP contribution in [-0.2, 0) is 0 Å². The van der Waals surface area contributed by atoms with Crippen LogP contribution in [0, 0.1) is 18.8 Å². The van der Waals surface area contributed by atoms with E-state index < -0.39 is 6.36 Å². The second kappa shape index (κ2) is 9.03. The van der Waals surface area contributed by atoms with Gasteiger partial charge < -0.3 is 9.47 Å². The Balaban J connectivity index is 1.73. The molecule has 27 heavy (non-hydrogen) atoms. The molecule has 0 aromatic heterocycles.